The summed E-state index contributed by atoms with van der Waals surface area (Å²) in [5.41, 5.74) is 1.38. The molecule has 0 heterocycles. The van der Waals surface area contributed by atoms with Gasteiger partial charge >= 0.3 is 0 Å². The van der Waals surface area contributed by atoms with Gasteiger partial charge in [0.05, 0.1) is 12.7 Å². The van der Waals surface area contributed by atoms with Crippen LogP contribution >= 0.6 is 0 Å². The van der Waals surface area contributed by atoms with Crippen molar-refractivity contribution in [2.45, 2.75) is 52.2 Å². The van der Waals surface area contributed by atoms with Crippen LogP contribution in [-0.2, 0) is 4.74 Å². The maximum absolute atomic E-state index is 9.44. The molecule has 0 fully saturated rings. The Morgan fingerprint density at radius 2 is 2.06 bits per heavy atom. The first-order valence-corrected chi connectivity index (χ1v) is 6.10. The summed E-state index contributed by atoms with van der Waals surface area (Å²) in [6.45, 7) is 7.70. The van der Waals surface area contributed by atoms with Gasteiger partial charge in [0.2, 0.25) is 0 Å². The van der Waals surface area contributed by atoms with Crippen molar-refractivity contribution in [3.63, 3.8) is 0 Å². The first kappa shape index (κ1) is 15.6. The van der Waals surface area contributed by atoms with Crippen molar-refractivity contribution in [1.29, 1.82) is 0 Å². The monoisotopic (exact) mass is 229 g/mol. The molecule has 0 aliphatic heterocycles. The van der Waals surface area contributed by atoms with Gasteiger partial charge in [0.25, 0.3) is 0 Å². The van der Waals surface area contributed by atoms with Crippen LogP contribution in [0.25, 0.3) is 0 Å². The first-order valence-electron chi connectivity index (χ1n) is 6.10. The normalized spacial score (nSPS) is 14.6. The van der Waals surface area contributed by atoms with Crippen LogP contribution in [0.4, 0.5) is 0 Å². The number of methoxy groups -OCH3 is 1. The molecule has 0 radical (unpaired) electrons. The van der Waals surface area contributed by atoms with Gasteiger partial charge in [-0.1, -0.05) is 11.6 Å². The molecule has 0 spiro atoms. The number of hydrogen-bond donors (Lipinski definition) is 2. The minimum absolute atomic E-state index is 0.345. The molecule has 3 nitrogen and oxygen atoms in total. The molecule has 0 saturated heterocycles. The number of allylic oxidation sites excluding steroid dienone is 2. The maximum atomic E-state index is 9.44. The Balaban J connectivity index is 3.43. The highest BCUT2D eigenvalue weighted by atomic mass is 16.5. The topological polar surface area (TPSA) is 41.5 Å². The second-order valence-corrected chi connectivity index (χ2v) is 4.61. The molecule has 0 aliphatic carbocycles. The first-order chi connectivity index (χ1) is 7.56. The Morgan fingerprint density at radius 1 is 1.38 bits per heavy atom. The summed E-state index contributed by atoms with van der Waals surface area (Å²) in [7, 11) is 1.61. The average Bonchev–Trinajstić information content (AvgIpc) is 2.17. The van der Waals surface area contributed by atoms with Crippen LogP contribution in [0.1, 0.15) is 40.0 Å². The Labute approximate surface area is 99.9 Å². The summed E-state index contributed by atoms with van der Waals surface area (Å²) in [5.74, 6) is 0. The average molecular weight is 229 g/mol. The number of ether oxygens (including phenoxy) is 1. The standard InChI is InChI=1S/C13H27NO2/c1-11(2)6-5-7-12(3)14-9-8-13(15)10-16-4/h6,12-15H,5,7-10H2,1-4H3. The number of rotatable bonds is 9. The quantitative estimate of drug-likeness (QED) is 0.595. The molecule has 0 rings (SSSR count). The van der Waals surface area contributed by atoms with Crippen LogP contribution < -0.4 is 5.32 Å². The van der Waals surface area contributed by atoms with E-state index >= 15 is 0 Å². The molecule has 2 N–H and O–H groups in total. The minimum atomic E-state index is -0.345. The van der Waals surface area contributed by atoms with Crippen molar-refractivity contribution < 1.29 is 9.84 Å². The lowest BCUT2D eigenvalue weighted by atomic mass is 10.1. The van der Waals surface area contributed by atoms with Crippen molar-refractivity contribution in [2.75, 3.05) is 20.3 Å². The molecule has 2 unspecified atom stereocenters. The molecule has 0 aromatic heterocycles. The van der Waals surface area contributed by atoms with Gasteiger partial charge in [-0.3, -0.25) is 0 Å². The Kier molecular flexibility index (Phi) is 9.59. The van der Waals surface area contributed by atoms with E-state index in [4.69, 9.17) is 4.74 Å². The minimum Gasteiger partial charge on any atom is -0.391 e. The summed E-state index contributed by atoms with van der Waals surface area (Å²) >= 11 is 0. The summed E-state index contributed by atoms with van der Waals surface area (Å²) < 4.78 is 4.87. The van der Waals surface area contributed by atoms with Gasteiger partial charge in [-0.2, -0.15) is 0 Å². The fourth-order valence-corrected chi connectivity index (χ4v) is 1.50. The molecule has 96 valence electrons. The highest BCUT2D eigenvalue weighted by Crippen LogP contribution is 2.01. The Hall–Kier alpha value is -0.380. The van der Waals surface area contributed by atoms with Gasteiger partial charge in [-0.15, -0.1) is 0 Å². The van der Waals surface area contributed by atoms with Gasteiger partial charge < -0.3 is 15.2 Å². The van der Waals surface area contributed by atoms with Gasteiger partial charge in [0.1, 0.15) is 0 Å². The lowest BCUT2D eigenvalue weighted by molar-refractivity contribution is 0.0590. The molecule has 0 aromatic carbocycles. The van der Waals surface area contributed by atoms with Crippen LogP contribution in [-0.4, -0.2) is 37.5 Å². The summed E-state index contributed by atoms with van der Waals surface area (Å²) in [6, 6.07) is 0.505. The van der Waals surface area contributed by atoms with Crippen LogP contribution in [0.5, 0.6) is 0 Å². The fourth-order valence-electron chi connectivity index (χ4n) is 1.50. The highest BCUT2D eigenvalue weighted by Gasteiger charge is 2.04. The lowest BCUT2D eigenvalue weighted by Gasteiger charge is -2.14. The molecule has 3 heteroatoms. The predicted octanol–water partition coefficient (Wildman–Crippen LogP) is 2.11. The van der Waals surface area contributed by atoms with E-state index in [2.05, 4.69) is 32.2 Å². The predicted molar refractivity (Wildman–Crippen MR) is 68.6 cm³/mol. The van der Waals surface area contributed by atoms with Gasteiger partial charge in [0, 0.05) is 13.2 Å². The van der Waals surface area contributed by atoms with E-state index in [1.807, 2.05) is 0 Å². The zero-order valence-electron chi connectivity index (χ0n) is 11.1. The molecule has 0 aromatic rings. The molecule has 0 bridgehead atoms. The summed E-state index contributed by atoms with van der Waals surface area (Å²) in [5, 5.41) is 12.8. The second kappa shape index (κ2) is 9.82. The molecule has 0 saturated carbocycles. The van der Waals surface area contributed by atoms with Crippen molar-refractivity contribution in [3.05, 3.63) is 11.6 Å². The molecule has 0 amide bonds. The molecule has 0 aliphatic rings. The SMILES string of the molecule is COCC(O)CCNC(C)CCC=C(C)C. The number of hydrogen-bond acceptors (Lipinski definition) is 3. The van der Waals surface area contributed by atoms with Crippen molar-refractivity contribution in [3.8, 4) is 0 Å². The van der Waals surface area contributed by atoms with Crippen molar-refractivity contribution in [2.24, 2.45) is 0 Å². The van der Waals surface area contributed by atoms with E-state index in [1.54, 1.807) is 7.11 Å². The van der Waals surface area contributed by atoms with Crippen LogP contribution in [0.2, 0.25) is 0 Å². The zero-order valence-corrected chi connectivity index (χ0v) is 11.1. The zero-order chi connectivity index (χ0) is 12.4. The fraction of sp³-hybridized carbons (Fsp3) is 0.846. The van der Waals surface area contributed by atoms with Crippen LogP contribution in [0.3, 0.4) is 0 Å². The number of nitrogens with one attached hydrogen (secondary N) is 1. The van der Waals surface area contributed by atoms with E-state index in [-0.39, 0.29) is 6.10 Å². The van der Waals surface area contributed by atoms with E-state index in [9.17, 15) is 5.11 Å². The largest absolute Gasteiger partial charge is 0.391 e. The van der Waals surface area contributed by atoms with Crippen molar-refractivity contribution in [1.82, 2.24) is 5.32 Å². The van der Waals surface area contributed by atoms with Gasteiger partial charge in [-0.25, -0.2) is 0 Å². The van der Waals surface area contributed by atoms with E-state index < -0.39 is 0 Å². The molecular formula is C13H27NO2. The number of aliphatic hydroxyl groups excluding tert-OH is 1. The van der Waals surface area contributed by atoms with Gasteiger partial charge in [0.15, 0.2) is 0 Å². The third-order valence-electron chi connectivity index (χ3n) is 2.48. The van der Waals surface area contributed by atoms with Crippen LogP contribution in [0, 0.1) is 0 Å². The molecule has 16 heavy (non-hydrogen) atoms. The summed E-state index contributed by atoms with van der Waals surface area (Å²) in [6.07, 6.45) is 4.93. The van der Waals surface area contributed by atoms with Crippen LogP contribution in [0.15, 0.2) is 11.6 Å². The van der Waals surface area contributed by atoms with E-state index in [0.29, 0.717) is 12.6 Å². The Morgan fingerprint density at radius 3 is 2.62 bits per heavy atom. The van der Waals surface area contributed by atoms with Gasteiger partial charge in [-0.05, 0) is 46.6 Å². The second-order valence-electron chi connectivity index (χ2n) is 4.61. The van der Waals surface area contributed by atoms with Crippen molar-refractivity contribution >= 4 is 0 Å². The maximum Gasteiger partial charge on any atom is 0.0785 e. The lowest BCUT2D eigenvalue weighted by Crippen LogP contribution is -2.30. The number of aliphatic hydroxyl groups is 1. The van der Waals surface area contributed by atoms with E-state index in [1.165, 1.54) is 5.57 Å². The molecule has 2 atom stereocenters. The van der Waals surface area contributed by atoms with E-state index in [0.717, 1.165) is 25.8 Å². The smallest absolute Gasteiger partial charge is 0.0785 e. The molecular weight excluding hydrogens is 202 g/mol. The third kappa shape index (κ3) is 10.1. The highest BCUT2D eigenvalue weighted by molar-refractivity contribution is 4.93. The Bertz CT molecular complexity index is 188. The summed E-state index contributed by atoms with van der Waals surface area (Å²) in [4.78, 5) is 0. The third-order valence-corrected chi connectivity index (χ3v) is 2.48.